The van der Waals surface area contributed by atoms with E-state index in [0.29, 0.717) is 24.3 Å². The number of benzene rings is 1. The van der Waals surface area contributed by atoms with Crippen LogP contribution in [0.25, 0.3) is 0 Å². The highest BCUT2D eigenvalue weighted by Crippen LogP contribution is 2.29. The minimum Gasteiger partial charge on any atom is -0.370 e. The summed E-state index contributed by atoms with van der Waals surface area (Å²) in [6.07, 6.45) is -2.21. The van der Waals surface area contributed by atoms with Crippen molar-refractivity contribution in [3.05, 3.63) is 59.3 Å². The van der Waals surface area contributed by atoms with Gasteiger partial charge in [-0.05, 0) is 36.2 Å². The first kappa shape index (κ1) is 14.9. The van der Waals surface area contributed by atoms with Crippen molar-refractivity contribution in [2.24, 2.45) is 0 Å². The summed E-state index contributed by atoms with van der Waals surface area (Å²) in [6, 6.07) is 10.3. The van der Waals surface area contributed by atoms with Crippen LogP contribution in [0.4, 0.5) is 19.0 Å². The van der Waals surface area contributed by atoms with E-state index in [2.05, 4.69) is 10.3 Å². The molecule has 2 aromatic rings. The van der Waals surface area contributed by atoms with E-state index < -0.39 is 11.7 Å². The van der Waals surface area contributed by atoms with Crippen LogP contribution in [-0.2, 0) is 12.6 Å². The number of nitrogens with one attached hydrogen (secondary N) is 1. The summed E-state index contributed by atoms with van der Waals surface area (Å²) in [7, 11) is 0. The van der Waals surface area contributed by atoms with Gasteiger partial charge in [0.25, 0.3) is 0 Å². The zero-order chi connectivity index (χ0) is 15.3. The number of anilines is 1. The van der Waals surface area contributed by atoms with Gasteiger partial charge in [0.2, 0.25) is 0 Å². The Morgan fingerprint density at radius 1 is 1.14 bits per heavy atom. The molecule has 1 heterocycles. The summed E-state index contributed by atoms with van der Waals surface area (Å²) in [5, 5.41) is 11.8. The van der Waals surface area contributed by atoms with Gasteiger partial charge >= 0.3 is 6.18 Å². The third-order valence-corrected chi connectivity index (χ3v) is 2.89. The lowest BCUT2D eigenvalue weighted by Gasteiger charge is -2.08. The fourth-order valence-electron chi connectivity index (χ4n) is 1.79. The van der Waals surface area contributed by atoms with E-state index >= 15 is 0 Å². The molecule has 0 atom stereocenters. The van der Waals surface area contributed by atoms with Gasteiger partial charge in [-0.1, -0.05) is 12.1 Å². The van der Waals surface area contributed by atoms with Crippen molar-refractivity contribution in [3.63, 3.8) is 0 Å². The Morgan fingerprint density at radius 3 is 2.48 bits per heavy atom. The predicted octanol–water partition coefficient (Wildman–Crippen LogP) is 3.63. The van der Waals surface area contributed by atoms with Crippen LogP contribution in [0, 0.1) is 11.3 Å². The zero-order valence-corrected chi connectivity index (χ0v) is 11.0. The molecule has 1 aromatic carbocycles. The molecule has 2 rings (SSSR count). The first-order valence-corrected chi connectivity index (χ1v) is 6.25. The van der Waals surface area contributed by atoms with Crippen molar-refractivity contribution in [1.29, 1.82) is 5.26 Å². The van der Waals surface area contributed by atoms with Crippen molar-refractivity contribution in [1.82, 2.24) is 4.98 Å². The third-order valence-electron chi connectivity index (χ3n) is 2.89. The molecule has 6 heteroatoms. The molecule has 3 nitrogen and oxygen atoms in total. The molecule has 0 spiro atoms. The number of halogens is 3. The number of pyridine rings is 1. The fraction of sp³-hybridized carbons (Fsp3) is 0.200. The van der Waals surface area contributed by atoms with Crippen LogP contribution in [0.1, 0.15) is 16.7 Å². The third kappa shape index (κ3) is 4.21. The minimum absolute atomic E-state index is 0.502. The van der Waals surface area contributed by atoms with Gasteiger partial charge in [-0.25, -0.2) is 4.98 Å². The van der Waals surface area contributed by atoms with E-state index in [9.17, 15) is 13.2 Å². The van der Waals surface area contributed by atoms with Gasteiger partial charge in [0.05, 0.1) is 17.2 Å². The molecular weight excluding hydrogens is 279 g/mol. The van der Waals surface area contributed by atoms with Crippen LogP contribution in [0.5, 0.6) is 0 Å². The average molecular weight is 291 g/mol. The standard InChI is InChI=1S/C15H12F3N3/c16-15(17,18)13-3-1-11(2-4-13)5-7-20-14-9-12(10-19)6-8-21-14/h1-4,6,8-9H,5,7H2,(H,20,21). The van der Waals surface area contributed by atoms with Crippen LogP contribution in [0.2, 0.25) is 0 Å². The van der Waals surface area contributed by atoms with Crippen LogP contribution in [-0.4, -0.2) is 11.5 Å². The van der Waals surface area contributed by atoms with Crippen molar-refractivity contribution in [2.45, 2.75) is 12.6 Å². The second-order valence-electron chi connectivity index (χ2n) is 4.41. The van der Waals surface area contributed by atoms with E-state index in [-0.39, 0.29) is 0 Å². The second kappa shape index (κ2) is 6.27. The minimum atomic E-state index is -4.31. The van der Waals surface area contributed by atoms with E-state index in [0.717, 1.165) is 17.7 Å². The molecule has 0 aliphatic carbocycles. The molecule has 0 bridgehead atoms. The predicted molar refractivity (Wildman–Crippen MR) is 72.6 cm³/mol. The molecule has 0 fully saturated rings. The summed E-state index contributed by atoms with van der Waals surface area (Å²) in [4.78, 5) is 4.05. The molecule has 0 saturated heterocycles. The summed E-state index contributed by atoms with van der Waals surface area (Å²) >= 11 is 0. The summed E-state index contributed by atoms with van der Waals surface area (Å²) in [5.41, 5.74) is 0.650. The highest BCUT2D eigenvalue weighted by molar-refractivity contribution is 5.42. The Labute approximate surface area is 120 Å². The Bertz CT molecular complexity index is 642. The largest absolute Gasteiger partial charge is 0.416 e. The summed E-state index contributed by atoms with van der Waals surface area (Å²) in [6.45, 7) is 0.521. The van der Waals surface area contributed by atoms with Crippen molar-refractivity contribution in [3.8, 4) is 6.07 Å². The van der Waals surface area contributed by atoms with E-state index in [1.54, 1.807) is 12.1 Å². The topological polar surface area (TPSA) is 48.7 Å². The Hall–Kier alpha value is -2.55. The van der Waals surface area contributed by atoms with Crippen molar-refractivity contribution < 1.29 is 13.2 Å². The molecule has 0 aliphatic heterocycles. The first-order chi connectivity index (χ1) is 9.99. The smallest absolute Gasteiger partial charge is 0.370 e. The Balaban J connectivity index is 1.90. The van der Waals surface area contributed by atoms with Gasteiger partial charge < -0.3 is 5.32 Å². The van der Waals surface area contributed by atoms with E-state index in [1.165, 1.54) is 18.3 Å². The number of rotatable bonds is 4. The lowest BCUT2D eigenvalue weighted by molar-refractivity contribution is -0.137. The zero-order valence-electron chi connectivity index (χ0n) is 11.0. The highest BCUT2D eigenvalue weighted by Gasteiger charge is 2.29. The Morgan fingerprint density at radius 2 is 1.86 bits per heavy atom. The molecule has 108 valence electrons. The summed E-state index contributed by atoms with van der Waals surface area (Å²) in [5.74, 6) is 0.570. The number of nitrogens with zero attached hydrogens (tertiary/aromatic N) is 2. The van der Waals surface area contributed by atoms with Crippen molar-refractivity contribution in [2.75, 3.05) is 11.9 Å². The molecule has 0 unspecified atom stereocenters. The second-order valence-corrected chi connectivity index (χ2v) is 4.41. The fourth-order valence-corrected chi connectivity index (χ4v) is 1.79. The maximum Gasteiger partial charge on any atom is 0.416 e. The lowest BCUT2D eigenvalue weighted by atomic mass is 10.1. The Kier molecular flexibility index (Phi) is 4.43. The van der Waals surface area contributed by atoms with Gasteiger partial charge in [-0.15, -0.1) is 0 Å². The first-order valence-electron chi connectivity index (χ1n) is 6.25. The number of alkyl halides is 3. The van der Waals surface area contributed by atoms with E-state index in [1.807, 2.05) is 6.07 Å². The number of hydrogen-bond acceptors (Lipinski definition) is 3. The van der Waals surface area contributed by atoms with Crippen LogP contribution >= 0.6 is 0 Å². The quantitative estimate of drug-likeness (QED) is 0.935. The van der Waals surface area contributed by atoms with Crippen LogP contribution in [0.3, 0.4) is 0 Å². The molecule has 0 saturated carbocycles. The molecular formula is C15H12F3N3. The molecule has 1 aromatic heterocycles. The van der Waals surface area contributed by atoms with Gasteiger partial charge in [0.1, 0.15) is 5.82 Å². The van der Waals surface area contributed by atoms with Gasteiger partial charge in [0, 0.05) is 12.7 Å². The van der Waals surface area contributed by atoms with Gasteiger partial charge in [-0.2, -0.15) is 18.4 Å². The maximum absolute atomic E-state index is 12.4. The molecule has 0 aliphatic rings. The molecule has 1 N–H and O–H groups in total. The monoisotopic (exact) mass is 291 g/mol. The van der Waals surface area contributed by atoms with Crippen LogP contribution in [0.15, 0.2) is 42.6 Å². The SMILES string of the molecule is N#Cc1ccnc(NCCc2ccc(C(F)(F)F)cc2)c1. The lowest BCUT2D eigenvalue weighted by Crippen LogP contribution is -2.07. The summed E-state index contributed by atoms with van der Waals surface area (Å²) < 4.78 is 37.3. The molecule has 0 amide bonds. The average Bonchev–Trinajstić information content (AvgIpc) is 2.47. The molecule has 21 heavy (non-hydrogen) atoms. The van der Waals surface area contributed by atoms with E-state index in [4.69, 9.17) is 5.26 Å². The number of nitriles is 1. The number of aromatic nitrogens is 1. The normalized spacial score (nSPS) is 11.0. The highest BCUT2D eigenvalue weighted by atomic mass is 19.4. The number of hydrogen-bond donors (Lipinski definition) is 1. The van der Waals surface area contributed by atoms with Crippen LogP contribution < -0.4 is 5.32 Å². The van der Waals surface area contributed by atoms with Gasteiger partial charge in [-0.3, -0.25) is 0 Å². The van der Waals surface area contributed by atoms with Crippen molar-refractivity contribution >= 4 is 5.82 Å². The van der Waals surface area contributed by atoms with Gasteiger partial charge in [0.15, 0.2) is 0 Å². The maximum atomic E-state index is 12.4. The molecule has 0 radical (unpaired) electrons.